The minimum Gasteiger partial charge on any atom is -0.696 e. The molecular weight excluding hydrogens is 577 g/mol. The summed E-state index contributed by atoms with van der Waals surface area (Å²) < 4.78 is 26.4. The number of carbonyl (C=O) groups is 2. The van der Waals surface area contributed by atoms with Crippen molar-refractivity contribution >= 4 is 47.3 Å². The number of thioether (sulfide) groups is 1. The van der Waals surface area contributed by atoms with Gasteiger partial charge in [-0.2, -0.15) is 5.26 Å². The Balaban J connectivity index is 0.000000370. The summed E-state index contributed by atoms with van der Waals surface area (Å²) in [7, 11) is 0. The fourth-order valence-corrected chi connectivity index (χ4v) is 3.80. The first-order valence-electron chi connectivity index (χ1n) is 11.2. The van der Waals surface area contributed by atoms with Crippen LogP contribution in [-0.4, -0.2) is 21.5 Å². The van der Waals surface area contributed by atoms with Crippen molar-refractivity contribution in [3.05, 3.63) is 112 Å². The number of nitrogens with zero attached hydrogens (tertiary/aromatic N) is 4. The third-order valence-corrected chi connectivity index (χ3v) is 5.86. The van der Waals surface area contributed by atoms with Crippen LogP contribution >= 0.6 is 11.8 Å². The van der Waals surface area contributed by atoms with Gasteiger partial charge < -0.3 is 24.1 Å². The maximum absolute atomic E-state index is 13.5. The monoisotopic (exact) mass is 598 g/mol. The number of anilines is 2. The fraction of sp³-hybridized carbons (Fsp3) is 0.0714. The van der Waals surface area contributed by atoms with E-state index < -0.39 is 11.6 Å². The molecule has 0 unspecified atom stereocenters. The number of aromatic nitrogens is 2. The van der Waals surface area contributed by atoms with Gasteiger partial charge in [0.25, 0.3) is 0 Å². The molecule has 2 heterocycles. The normalized spacial score (nSPS) is 9.32. The van der Waals surface area contributed by atoms with Crippen molar-refractivity contribution in [2.45, 2.75) is 18.7 Å². The van der Waals surface area contributed by atoms with Gasteiger partial charge in [-0.05, 0) is 79.2 Å². The third-order valence-electron chi connectivity index (χ3n) is 5.21. The summed E-state index contributed by atoms with van der Waals surface area (Å²) in [6.07, 6.45) is 3.05. The van der Waals surface area contributed by atoms with Gasteiger partial charge in [-0.25, -0.2) is 14.0 Å². The second-order valence-electron chi connectivity index (χ2n) is 7.89. The Labute approximate surface area is 267 Å². The summed E-state index contributed by atoms with van der Waals surface area (Å²) in [6, 6.07) is 13.3. The van der Waals surface area contributed by atoms with Gasteiger partial charge in [-0.3, -0.25) is 19.6 Å². The van der Waals surface area contributed by atoms with E-state index in [2.05, 4.69) is 22.6 Å². The SMILES string of the molecule is Cc1cccnc1C(=O)c1cc(N)c(F)cc1SC#N.Cc1cccnc1C(=O)c1ccc(F)c(N)c1.N#C[S-].[Na+]. The summed E-state index contributed by atoms with van der Waals surface area (Å²) in [5.74, 6) is -1.82. The number of carbonyl (C=O) groups excluding carboxylic acids is 2. The summed E-state index contributed by atoms with van der Waals surface area (Å²) in [5.41, 5.74) is 13.4. The van der Waals surface area contributed by atoms with Crippen molar-refractivity contribution in [1.29, 1.82) is 10.5 Å². The number of nitriles is 2. The van der Waals surface area contributed by atoms with Crippen molar-refractivity contribution in [2.75, 3.05) is 11.5 Å². The minimum atomic E-state index is -0.656. The van der Waals surface area contributed by atoms with Crippen LogP contribution in [0.2, 0.25) is 0 Å². The molecule has 4 N–H and O–H groups in total. The molecule has 41 heavy (non-hydrogen) atoms. The summed E-state index contributed by atoms with van der Waals surface area (Å²) in [5, 5.41) is 19.0. The fourth-order valence-electron chi connectivity index (χ4n) is 3.28. The number of halogens is 2. The van der Waals surface area contributed by atoms with E-state index in [1.165, 1.54) is 35.9 Å². The molecule has 4 rings (SSSR count). The number of nitrogens with two attached hydrogens (primary N) is 2. The van der Waals surface area contributed by atoms with Gasteiger partial charge in [-0.15, -0.1) is 0 Å². The van der Waals surface area contributed by atoms with Gasteiger partial charge in [0.05, 0.1) is 11.4 Å². The molecule has 0 aliphatic rings. The Hall–Kier alpha value is -3.91. The van der Waals surface area contributed by atoms with Crippen LogP contribution in [-0.2, 0) is 12.6 Å². The number of aryl methyl sites for hydroxylation is 2. The molecule has 13 heteroatoms. The number of pyridine rings is 2. The molecule has 0 saturated heterocycles. The summed E-state index contributed by atoms with van der Waals surface area (Å²) >= 11 is 4.41. The molecule has 8 nitrogen and oxygen atoms in total. The Morgan fingerprint density at radius 3 is 1.85 bits per heavy atom. The molecular formula is C28H21F2N6NaO2S2. The second-order valence-corrected chi connectivity index (χ2v) is 8.90. The predicted octanol–water partition coefficient (Wildman–Crippen LogP) is 2.28. The third kappa shape index (κ3) is 9.60. The van der Waals surface area contributed by atoms with Crippen LogP contribution < -0.4 is 41.0 Å². The summed E-state index contributed by atoms with van der Waals surface area (Å²) in [6.45, 7) is 3.55. The van der Waals surface area contributed by atoms with Crippen LogP contribution in [0.15, 0.2) is 71.9 Å². The van der Waals surface area contributed by atoms with Crippen molar-refractivity contribution < 1.29 is 47.9 Å². The zero-order valence-corrected chi connectivity index (χ0v) is 25.8. The molecule has 0 saturated carbocycles. The van der Waals surface area contributed by atoms with Crippen molar-refractivity contribution in [2.24, 2.45) is 0 Å². The molecule has 0 spiro atoms. The predicted molar refractivity (Wildman–Crippen MR) is 151 cm³/mol. The maximum atomic E-state index is 13.5. The molecule has 0 atom stereocenters. The Bertz CT molecular complexity index is 1640. The van der Waals surface area contributed by atoms with E-state index in [9.17, 15) is 18.4 Å². The number of hydrogen-bond acceptors (Lipinski definition) is 10. The molecule has 202 valence electrons. The standard InChI is InChI=1S/C14H10FN3OS.C13H11FN2O.CHNS.Na/c1-8-3-2-4-18-13(8)14(19)9-5-11(17)10(15)6-12(9)20-7-16;1-8-3-2-6-16-12(8)13(17)9-4-5-10(14)11(15)7-9;2-1-3;/h2-6H,17H2,1H3;2-7H,15H2,1H3;3H;/q;;;+1/p-1. The van der Waals surface area contributed by atoms with Crippen LogP contribution in [0, 0.1) is 46.8 Å². The quantitative estimate of drug-likeness (QED) is 0.0871. The zero-order valence-electron chi connectivity index (χ0n) is 22.2. The van der Waals surface area contributed by atoms with E-state index in [-0.39, 0.29) is 68.7 Å². The van der Waals surface area contributed by atoms with E-state index >= 15 is 0 Å². The number of ketones is 2. The number of benzene rings is 2. The zero-order chi connectivity index (χ0) is 29.8. The number of rotatable bonds is 5. The largest absolute Gasteiger partial charge is 1.00 e. The Morgan fingerprint density at radius 2 is 1.37 bits per heavy atom. The van der Waals surface area contributed by atoms with Crippen LogP contribution in [0.1, 0.15) is 43.2 Å². The first kappa shape index (κ1) is 35.1. The number of hydrogen-bond donors (Lipinski definition) is 2. The second kappa shape index (κ2) is 17.0. The molecule has 0 amide bonds. The van der Waals surface area contributed by atoms with E-state index in [1.807, 2.05) is 5.40 Å². The Morgan fingerprint density at radius 1 is 0.854 bits per heavy atom. The number of nitrogen functional groups attached to an aromatic ring is 2. The van der Waals surface area contributed by atoms with Gasteiger partial charge in [0.1, 0.15) is 28.4 Å². The minimum absolute atomic E-state index is 0. The summed E-state index contributed by atoms with van der Waals surface area (Å²) in [4.78, 5) is 32.8. The van der Waals surface area contributed by atoms with Crippen LogP contribution in [0.4, 0.5) is 20.2 Å². The van der Waals surface area contributed by atoms with Crippen LogP contribution in [0.5, 0.6) is 0 Å². The first-order chi connectivity index (χ1) is 19.0. The van der Waals surface area contributed by atoms with Crippen molar-refractivity contribution in [3.63, 3.8) is 0 Å². The van der Waals surface area contributed by atoms with Gasteiger partial charge in [-0.1, -0.05) is 17.5 Å². The van der Waals surface area contributed by atoms with Crippen molar-refractivity contribution in [3.8, 4) is 10.8 Å². The van der Waals surface area contributed by atoms with Crippen molar-refractivity contribution in [1.82, 2.24) is 9.97 Å². The average Bonchev–Trinajstić information content (AvgIpc) is 2.93. The molecule has 0 radical (unpaired) electrons. The van der Waals surface area contributed by atoms with E-state index in [0.29, 0.717) is 28.6 Å². The van der Waals surface area contributed by atoms with Gasteiger partial charge in [0.15, 0.2) is 0 Å². The number of thiocyanates is 2. The van der Waals surface area contributed by atoms with E-state index in [0.717, 1.165) is 11.6 Å². The molecule has 2 aromatic heterocycles. The molecule has 0 fully saturated rings. The first-order valence-corrected chi connectivity index (χ1v) is 12.4. The van der Waals surface area contributed by atoms with E-state index in [4.69, 9.17) is 22.0 Å². The molecule has 4 aromatic rings. The molecule has 0 bridgehead atoms. The topological polar surface area (TPSA) is 160 Å². The van der Waals surface area contributed by atoms with E-state index in [1.54, 1.807) is 44.3 Å². The average molecular weight is 599 g/mol. The molecule has 0 aliphatic carbocycles. The molecule has 2 aromatic carbocycles. The van der Waals surface area contributed by atoms with Crippen LogP contribution in [0.3, 0.4) is 0 Å². The van der Waals surface area contributed by atoms with Gasteiger partial charge in [0, 0.05) is 28.4 Å². The maximum Gasteiger partial charge on any atom is 1.00 e. The smallest absolute Gasteiger partial charge is 0.696 e. The van der Waals surface area contributed by atoms with Gasteiger partial charge in [0.2, 0.25) is 11.6 Å². The van der Waals surface area contributed by atoms with Gasteiger partial charge >= 0.3 is 29.6 Å². The Kier molecular flexibility index (Phi) is 14.6. The molecule has 0 aliphatic heterocycles. The van der Waals surface area contributed by atoms with Crippen LogP contribution in [0.25, 0.3) is 0 Å².